The molecule has 1 unspecified atom stereocenters. The summed E-state index contributed by atoms with van der Waals surface area (Å²) in [6.45, 7) is 6.31. The van der Waals surface area contributed by atoms with Gasteiger partial charge in [0.25, 0.3) is 0 Å². The molecule has 1 atom stereocenters. The minimum Gasteiger partial charge on any atom is -0.462 e. The molecule has 0 spiro atoms. The monoisotopic (exact) mass is 929 g/mol. The van der Waals surface area contributed by atoms with Crippen LogP contribution in [0.25, 0.3) is 0 Å². The summed E-state index contributed by atoms with van der Waals surface area (Å²) in [6.07, 6.45) is 73.7. The van der Waals surface area contributed by atoms with E-state index in [9.17, 15) is 14.4 Å². The maximum atomic E-state index is 12.8. The summed E-state index contributed by atoms with van der Waals surface area (Å²) in [5.74, 6) is -0.996. The number of hydrogen-bond acceptors (Lipinski definition) is 6. The maximum Gasteiger partial charge on any atom is 0.306 e. The van der Waals surface area contributed by atoms with E-state index in [4.69, 9.17) is 14.2 Å². The Morgan fingerprint density at radius 1 is 0.328 bits per heavy atom. The molecule has 0 heterocycles. The van der Waals surface area contributed by atoms with Crippen LogP contribution >= 0.6 is 0 Å². The van der Waals surface area contributed by atoms with Crippen LogP contribution in [0.1, 0.15) is 239 Å². The third-order valence-corrected chi connectivity index (χ3v) is 11.4. The van der Waals surface area contributed by atoms with Crippen LogP contribution in [0.2, 0.25) is 0 Å². The van der Waals surface area contributed by atoms with Crippen molar-refractivity contribution >= 4 is 17.9 Å². The lowest BCUT2D eigenvalue weighted by molar-refractivity contribution is -0.167. The van der Waals surface area contributed by atoms with Gasteiger partial charge in [0.05, 0.1) is 0 Å². The number of carbonyl (C=O) groups excluding carboxylic acids is 3. The van der Waals surface area contributed by atoms with E-state index >= 15 is 0 Å². The normalized spacial score (nSPS) is 12.9. The van der Waals surface area contributed by atoms with Crippen molar-refractivity contribution in [1.29, 1.82) is 0 Å². The van der Waals surface area contributed by atoms with E-state index in [-0.39, 0.29) is 37.5 Å². The Labute approximate surface area is 412 Å². The summed E-state index contributed by atoms with van der Waals surface area (Å²) in [5.41, 5.74) is 0. The number of carbonyl (C=O) groups is 3. The van der Waals surface area contributed by atoms with Crippen LogP contribution in [-0.2, 0) is 28.6 Å². The highest BCUT2D eigenvalue weighted by Crippen LogP contribution is 2.15. The summed E-state index contributed by atoms with van der Waals surface area (Å²) in [5, 5.41) is 0. The molecule has 0 aliphatic heterocycles. The number of allylic oxidation sites excluding steroid dienone is 18. The quantitative estimate of drug-likeness (QED) is 0.0199. The molecule has 6 heteroatoms. The lowest BCUT2D eigenvalue weighted by Gasteiger charge is -2.18. The summed E-state index contributed by atoms with van der Waals surface area (Å²) in [6, 6.07) is 0. The molecular formula is C61H100O6. The van der Waals surface area contributed by atoms with Gasteiger partial charge in [0.15, 0.2) is 6.10 Å². The Hall–Kier alpha value is -3.93. The first-order valence-corrected chi connectivity index (χ1v) is 27.5. The molecule has 0 amide bonds. The molecule has 0 saturated heterocycles. The van der Waals surface area contributed by atoms with E-state index in [1.54, 1.807) is 0 Å². The predicted molar refractivity (Wildman–Crippen MR) is 288 cm³/mol. The van der Waals surface area contributed by atoms with Gasteiger partial charge >= 0.3 is 17.9 Å². The van der Waals surface area contributed by atoms with Gasteiger partial charge in [0.2, 0.25) is 0 Å². The van der Waals surface area contributed by atoms with Gasteiger partial charge in [-0.3, -0.25) is 14.4 Å². The highest BCUT2D eigenvalue weighted by Gasteiger charge is 2.19. The molecule has 0 aromatic carbocycles. The topological polar surface area (TPSA) is 78.9 Å². The third-order valence-electron chi connectivity index (χ3n) is 11.4. The number of hydrogen-bond donors (Lipinski definition) is 0. The van der Waals surface area contributed by atoms with E-state index in [0.717, 1.165) is 89.9 Å². The first-order valence-electron chi connectivity index (χ1n) is 27.5. The van der Waals surface area contributed by atoms with Gasteiger partial charge < -0.3 is 14.2 Å². The largest absolute Gasteiger partial charge is 0.462 e. The van der Waals surface area contributed by atoms with Gasteiger partial charge in [-0.25, -0.2) is 0 Å². The smallest absolute Gasteiger partial charge is 0.306 e. The second-order valence-corrected chi connectivity index (χ2v) is 17.9. The average molecular weight is 929 g/mol. The fourth-order valence-electron chi connectivity index (χ4n) is 7.35. The molecule has 380 valence electrons. The van der Waals surface area contributed by atoms with Crippen molar-refractivity contribution < 1.29 is 28.6 Å². The minimum absolute atomic E-state index is 0.108. The SMILES string of the molecule is CC\C=C/C=C\C=C/C=C\C=C/CCCC(=O)OCC(COC(=O)CCCCCCCC/C=C\C/C=C\C/C=C\C/C=C\CC)OC(=O)CCCCCCCCCCCCCCCCCCC. The summed E-state index contributed by atoms with van der Waals surface area (Å²) in [7, 11) is 0. The Morgan fingerprint density at radius 2 is 0.672 bits per heavy atom. The Balaban J connectivity index is 4.47. The third kappa shape index (κ3) is 52.9. The molecule has 0 aromatic rings. The molecule has 0 aliphatic carbocycles. The molecule has 0 bridgehead atoms. The van der Waals surface area contributed by atoms with Crippen LogP contribution in [-0.4, -0.2) is 37.2 Å². The van der Waals surface area contributed by atoms with Crippen molar-refractivity contribution in [2.45, 2.75) is 245 Å². The van der Waals surface area contributed by atoms with Crippen molar-refractivity contribution in [2.24, 2.45) is 0 Å². The van der Waals surface area contributed by atoms with E-state index in [2.05, 4.69) is 75.5 Å². The molecule has 67 heavy (non-hydrogen) atoms. The van der Waals surface area contributed by atoms with Crippen LogP contribution in [0.15, 0.2) is 109 Å². The van der Waals surface area contributed by atoms with Gasteiger partial charge in [0.1, 0.15) is 13.2 Å². The van der Waals surface area contributed by atoms with Crippen molar-refractivity contribution in [1.82, 2.24) is 0 Å². The molecule has 0 N–H and O–H groups in total. The number of ether oxygens (including phenoxy) is 3. The van der Waals surface area contributed by atoms with Crippen molar-refractivity contribution in [3.8, 4) is 0 Å². The fraction of sp³-hybridized carbons (Fsp3) is 0.656. The molecule has 0 aliphatic rings. The summed E-state index contributed by atoms with van der Waals surface area (Å²) < 4.78 is 16.8. The van der Waals surface area contributed by atoms with E-state index in [0.29, 0.717) is 19.3 Å². The fourth-order valence-corrected chi connectivity index (χ4v) is 7.35. The number of esters is 3. The van der Waals surface area contributed by atoms with Crippen molar-refractivity contribution in [2.75, 3.05) is 13.2 Å². The highest BCUT2D eigenvalue weighted by molar-refractivity contribution is 5.71. The molecular weight excluding hydrogens is 829 g/mol. The van der Waals surface area contributed by atoms with Crippen molar-refractivity contribution in [3.05, 3.63) is 109 Å². The number of unbranched alkanes of at least 4 members (excludes halogenated alkanes) is 23. The van der Waals surface area contributed by atoms with Crippen LogP contribution < -0.4 is 0 Å². The van der Waals surface area contributed by atoms with Gasteiger partial charge in [-0.1, -0.05) is 259 Å². The molecule has 0 aromatic heterocycles. The molecule has 0 radical (unpaired) electrons. The van der Waals surface area contributed by atoms with E-state index < -0.39 is 6.10 Å². The van der Waals surface area contributed by atoms with Crippen LogP contribution in [0.3, 0.4) is 0 Å². The van der Waals surface area contributed by atoms with Crippen molar-refractivity contribution in [3.63, 3.8) is 0 Å². The Kier molecular flexibility index (Phi) is 51.5. The molecule has 6 nitrogen and oxygen atoms in total. The average Bonchev–Trinajstić information content (AvgIpc) is 3.33. The Bertz CT molecular complexity index is 1390. The highest BCUT2D eigenvalue weighted by atomic mass is 16.6. The van der Waals surface area contributed by atoms with Gasteiger partial charge in [-0.15, -0.1) is 0 Å². The summed E-state index contributed by atoms with van der Waals surface area (Å²) >= 11 is 0. The van der Waals surface area contributed by atoms with E-state index in [1.165, 1.54) is 103 Å². The predicted octanol–water partition coefficient (Wildman–Crippen LogP) is 18.3. The summed E-state index contributed by atoms with van der Waals surface area (Å²) in [4.78, 5) is 38.1. The molecule has 0 rings (SSSR count). The zero-order chi connectivity index (χ0) is 48.6. The standard InChI is InChI=1S/C61H100O6/c1-4-7-10-13-16-19-22-25-27-29-30-32-33-36-39-42-45-48-51-54-60(63)66-57-58(56-65-59(62)53-50-47-44-41-38-35-24-21-18-15-12-9-6-3)67-61(64)55-52-49-46-43-40-37-34-31-28-26-23-20-17-14-11-8-5-2/h7,9-10,12,15-16,18-19,21,24-25,27,30,32,35,38,41,44,58H,4-6,8,11,13-14,17,20,22-23,26,28-29,31,33-34,36-37,39-40,42-43,45-57H2,1-3H3/b10-7-,12-9-,18-15-,19-16-,24-21-,27-25-,32-30-,38-35-,44-41-. The maximum absolute atomic E-state index is 12.8. The van der Waals surface area contributed by atoms with Gasteiger partial charge in [-0.05, 0) is 70.6 Å². The molecule has 0 saturated carbocycles. The van der Waals surface area contributed by atoms with Crippen LogP contribution in [0.4, 0.5) is 0 Å². The number of rotatable bonds is 48. The first-order chi connectivity index (χ1) is 33.0. The van der Waals surface area contributed by atoms with E-state index in [1.807, 2.05) is 54.7 Å². The minimum atomic E-state index is -0.813. The van der Waals surface area contributed by atoms with Gasteiger partial charge in [0, 0.05) is 19.3 Å². The second-order valence-electron chi connectivity index (χ2n) is 17.9. The van der Waals surface area contributed by atoms with Crippen LogP contribution in [0, 0.1) is 0 Å². The lowest BCUT2D eigenvalue weighted by Crippen LogP contribution is -2.30. The molecule has 0 fully saturated rings. The first kappa shape index (κ1) is 63.1. The zero-order valence-corrected chi connectivity index (χ0v) is 43.4. The van der Waals surface area contributed by atoms with Crippen LogP contribution in [0.5, 0.6) is 0 Å². The lowest BCUT2D eigenvalue weighted by atomic mass is 10.0. The van der Waals surface area contributed by atoms with Gasteiger partial charge in [-0.2, -0.15) is 0 Å². The second kappa shape index (κ2) is 54.7. The zero-order valence-electron chi connectivity index (χ0n) is 43.4. The Morgan fingerprint density at radius 3 is 1.13 bits per heavy atom.